The lowest BCUT2D eigenvalue weighted by molar-refractivity contribution is -0.119. The number of carbonyl (C=O) groups is 2. The van der Waals surface area contributed by atoms with Crippen molar-refractivity contribution in [1.82, 2.24) is 14.8 Å². The number of thiazole rings is 1. The van der Waals surface area contributed by atoms with Crippen molar-refractivity contribution in [1.29, 1.82) is 0 Å². The molecule has 1 aliphatic rings. The summed E-state index contributed by atoms with van der Waals surface area (Å²) in [7, 11) is 3.16. The van der Waals surface area contributed by atoms with Crippen LogP contribution in [0.15, 0.2) is 23.6 Å². The van der Waals surface area contributed by atoms with E-state index in [1.165, 1.54) is 11.3 Å². The van der Waals surface area contributed by atoms with E-state index in [9.17, 15) is 9.59 Å². The summed E-state index contributed by atoms with van der Waals surface area (Å²) in [6.07, 6.45) is 0.815. The van der Waals surface area contributed by atoms with E-state index < -0.39 is 0 Å². The molecule has 1 fully saturated rings. The molecule has 0 saturated carbocycles. The number of hydrogen-bond acceptors (Lipinski definition) is 7. The molecule has 1 saturated heterocycles. The van der Waals surface area contributed by atoms with Crippen LogP contribution in [0.2, 0.25) is 0 Å². The molecule has 8 nitrogen and oxygen atoms in total. The second kappa shape index (κ2) is 8.05. The first-order valence-electron chi connectivity index (χ1n) is 8.08. The molecule has 1 N–H and O–H groups in total. The van der Waals surface area contributed by atoms with Gasteiger partial charge in [-0.1, -0.05) is 0 Å². The van der Waals surface area contributed by atoms with E-state index in [0.29, 0.717) is 48.5 Å². The van der Waals surface area contributed by atoms with Crippen LogP contribution in [0.3, 0.4) is 0 Å². The van der Waals surface area contributed by atoms with Crippen LogP contribution in [0.4, 0.5) is 10.8 Å². The van der Waals surface area contributed by atoms with Gasteiger partial charge in [0, 0.05) is 43.3 Å². The summed E-state index contributed by atoms with van der Waals surface area (Å²) in [4.78, 5) is 31.1. The number of rotatable bonds is 6. The second-order valence-corrected chi connectivity index (χ2v) is 6.52. The summed E-state index contributed by atoms with van der Waals surface area (Å²) in [6.45, 7) is 2.15. The third kappa shape index (κ3) is 3.88. The van der Waals surface area contributed by atoms with Crippen molar-refractivity contribution in [3.8, 4) is 11.5 Å². The number of benzene rings is 1. The van der Waals surface area contributed by atoms with Crippen molar-refractivity contribution in [2.45, 2.75) is 0 Å². The maximum Gasteiger partial charge on any atom is 0.273 e. The Labute approximate surface area is 155 Å². The first-order valence-corrected chi connectivity index (χ1v) is 8.95. The van der Waals surface area contributed by atoms with Gasteiger partial charge in [0.05, 0.1) is 14.2 Å². The highest BCUT2D eigenvalue weighted by Crippen LogP contribution is 2.31. The van der Waals surface area contributed by atoms with E-state index in [4.69, 9.17) is 9.47 Å². The van der Waals surface area contributed by atoms with Crippen molar-refractivity contribution in [2.75, 3.05) is 45.7 Å². The van der Waals surface area contributed by atoms with E-state index in [-0.39, 0.29) is 5.91 Å². The van der Waals surface area contributed by atoms with Crippen LogP contribution in [0.25, 0.3) is 0 Å². The molecule has 1 aliphatic heterocycles. The number of piperazine rings is 1. The summed E-state index contributed by atoms with van der Waals surface area (Å²) in [5.74, 6) is 1.13. The first kappa shape index (κ1) is 18.0. The molecule has 3 rings (SSSR count). The van der Waals surface area contributed by atoms with Gasteiger partial charge >= 0.3 is 0 Å². The molecule has 0 aliphatic carbocycles. The summed E-state index contributed by atoms with van der Waals surface area (Å²) >= 11 is 1.36. The van der Waals surface area contributed by atoms with E-state index in [1.807, 2.05) is 6.07 Å². The van der Waals surface area contributed by atoms with Gasteiger partial charge in [-0.05, 0) is 12.1 Å². The zero-order valence-electron chi connectivity index (χ0n) is 14.6. The van der Waals surface area contributed by atoms with Crippen LogP contribution in [0.5, 0.6) is 11.5 Å². The monoisotopic (exact) mass is 376 g/mol. The van der Waals surface area contributed by atoms with Crippen molar-refractivity contribution in [3.05, 3.63) is 29.3 Å². The van der Waals surface area contributed by atoms with Gasteiger partial charge in [0.1, 0.15) is 5.69 Å². The molecule has 2 amide bonds. The molecule has 2 heterocycles. The molecule has 0 radical (unpaired) electrons. The Kier molecular flexibility index (Phi) is 5.57. The summed E-state index contributed by atoms with van der Waals surface area (Å²) < 4.78 is 10.5. The third-order valence-electron chi connectivity index (χ3n) is 4.11. The average molecular weight is 376 g/mol. The fraction of sp³-hybridized carbons (Fsp3) is 0.353. The number of methoxy groups -OCH3 is 2. The number of amides is 2. The van der Waals surface area contributed by atoms with Gasteiger partial charge in [0.15, 0.2) is 16.6 Å². The van der Waals surface area contributed by atoms with E-state index in [2.05, 4.69) is 10.3 Å². The number of aromatic nitrogens is 1. The number of anilines is 2. The Morgan fingerprint density at radius 2 is 1.92 bits per heavy atom. The lowest BCUT2D eigenvalue weighted by Crippen LogP contribution is -2.48. The van der Waals surface area contributed by atoms with E-state index >= 15 is 0 Å². The van der Waals surface area contributed by atoms with Gasteiger partial charge in [-0.3, -0.25) is 9.59 Å². The SMILES string of the molecule is COc1ccc(Nc2nc(C(=O)N3CCN(C=O)CC3)cs2)cc1OC. The maximum atomic E-state index is 12.5. The van der Waals surface area contributed by atoms with Gasteiger partial charge in [0.25, 0.3) is 5.91 Å². The zero-order valence-corrected chi connectivity index (χ0v) is 15.4. The Morgan fingerprint density at radius 3 is 2.58 bits per heavy atom. The third-order valence-corrected chi connectivity index (χ3v) is 4.87. The maximum absolute atomic E-state index is 12.5. The number of hydrogen-bond donors (Lipinski definition) is 1. The van der Waals surface area contributed by atoms with Gasteiger partial charge in [-0.25, -0.2) is 4.98 Å². The van der Waals surface area contributed by atoms with Crippen molar-refractivity contribution in [3.63, 3.8) is 0 Å². The van der Waals surface area contributed by atoms with Crippen molar-refractivity contribution >= 4 is 34.5 Å². The molecule has 2 aromatic rings. The van der Waals surface area contributed by atoms with E-state index in [0.717, 1.165) is 12.1 Å². The summed E-state index contributed by atoms with van der Waals surface area (Å²) in [6, 6.07) is 5.45. The molecular formula is C17H20N4O4S. The van der Waals surface area contributed by atoms with Crippen LogP contribution in [-0.4, -0.2) is 67.5 Å². The molecule has 9 heteroatoms. The molecular weight excluding hydrogens is 356 g/mol. The zero-order chi connectivity index (χ0) is 18.5. The minimum Gasteiger partial charge on any atom is -0.493 e. The second-order valence-electron chi connectivity index (χ2n) is 5.67. The predicted octanol–water partition coefficient (Wildman–Crippen LogP) is 1.82. The number of nitrogens with one attached hydrogen (secondary N) is 1. The minimum absolute atomic E-state index is 0.118. The predicted molar refractivity (Wildman–Crippen MR) is 98.5 cm³/mol. The van der Waals surface area contributed by atoms with Crippen LogP contribution in [0.1, 0.15) is 10.5 Å². The van der Waals surface area contributed by atoms with Crippen LogP contribution >= 0.6 is 11.3 Å². The van der Waals surface area contributed by atoms with Crippen molar-refractivity contribution in [2.24, 2.45) is 0 Å². The Morgan fingerprint density at radius 1 is 1.19 bits per heavy atom. The highest BCUT2D eigenvalue weighted by atomic mass is 32.1. The smallest absolute Gasteiger partial charge is 0.273 e. The van der Waals surface area contributed by atoms with Gasteiger partial charge in [-0.15, -0.1) is 11.3 Å². The van der Waals surface area contributed by atoms with Crippen LogP contribution in [-0.2, 0) is 4.79 Å². The number of ether oxygens (including phenoxy) is 2. The van der Waals surface area contributed by atoms with Crippen LogP contribution in [0, 0.1) is 0 Å². The Bertz CT molecular complexity index is 787. The molecule has 0 bridgehead atoms. The lowest BCUT2D eigenvalue weighted by atomic mass is 10.3. The number of nitrogens with zero attached hydrogens (tertiary/aromatic N) is 3. The van der Waals surface area contributed by atoms with Gasteiger partial charge in [-0.2, -0.15) is 0 Å². The Hall–Kier alpha value is -2.81. The molecule has 138 valence electrons. The first-order chi connectivity index (χ1) is 12.6. The molecule has 0 spiro atoms. The average Bonchev–Trinajstić information content (AvgIpc) is 3.15. The topological polar surface area (TPSA) is 84.0 Å². The lowest BCUT2D eigenvalue weighted by Gasteiger charge is -2.32. The summed E-state index contributed by atoms with van der Waals surface area (Å²) in [5, 5.41) is 5.52. The number of carbonyl (C=O) groups excluding carboxylic acids is 2. The van der Waals surface area contributed by atoms with Crippen LogP contribution < -0.4 is 14.8 Å². The van der Waals surface area contributed by atoms with E-state index in [1.54, 1.807) is 41.5 Å². The van der Waals surface area contributed by atoms with Crippen molar-refractivity contribution < 1.29 is 19.1 Å². The molecule has 1 aromatic carbocycles. The summed E-state index contributed by atoms with van der Waals surface area (Å²) in [5.41, 5.74) is 1.19. The quantitative estimate of drug-likeness (QED) is 0.774. The molecule has 0 atom stereocenters. The fourth-order valence-corrected chi connectivity index (χ4v) is 3.36. The Balaban J connectivity index is 1.66. The highest BCUT2D eigenvalue weighted by molar-refractivity contribution is 7.14. The standard InChI is InChI=1S/C17H20N4O4S/c1-24-14-4-3-12(9-15(14)25-2)18-17-19-13(10-26-17)16(23)21-7-5-20(11-22)6-8-21/h3-4,9-11H,5-8H2,1-2H3,(H,18,19). The van der Waals surface area contributed by atoms with Gasteiger partial charge < -0.3 is 24.6 Å². The van der Waals surface area contributed by atoms with Gasteiger partial charge in [0.2, 0.25) is 6.41 Å². The molecule has 1 aromatic heterocycles. The highest BCUT2D eigenvalue weighted by Gasteiger charge is 2.23. The fourth-order valence-electron chi connectivity index (χ4n) is 2.66. The largest absolute Gasteiger partial charge is 0.493 e. The molecule has 0 unspecified atom stereocenters. The normalized spacial score (nSPS) is 14.1. The minimum atomic E-state index is -0.118. The molecule has 26 heavy (non-hydrogen) atoms.